The van der Waals surface area contributed by atoms with Crippen molar-refractivity contribution < 1.29 is 9.13 Å². The Hall–Kier alpha value is -0.990. The Labute approximate surface area is 52.6 Å². The summed E-state index contributed by atoms with van der Waals surface area (Å²) < 4.78 is 17.2. The number of hydrogen-bond acceptors (Lipinski definition) is 1. The van der Waals surface area contributed by atoms with Crippen LogP contribution in [0.5, 0.6) is 5.75 Å². The minimum atomic E-state index is -0.338. The van der Waals surface area contributed by atoms with E-state index in [1.165, 1.54) is 13.3 Å². The highest BCUT2D eigenvalue weighted by atomic mass is 19.1. The van der Waals surface area contributed by atoms with Crippen LogP contribution in [0, 0.1) is 12.7 Å². The van der Waals surface area contributed by atoms with Crippen LogP contribution in [0.2, 0.25) is 0 Å². The lowest BCUT2D eigenvalue weighted by atomic mass is 10.4. The highest BCUT2D eigenvalue weighted by Gasteiger charge is 2.05. The van der Waals surface area contributed by atoms with Crippen LogP contribution in [0.25, 0.3) is 0 Å². The lowest BCUT2D eigenvalue weighted by Crippen LogP contribution is -1.84. The zero-order chi connectivity index (χ0) is 6.85. The van der Waals surface area contributed by atoms with Crippen molar-refractivity contribution in [2.24, 2.45) is 0 Å². The van der Waals surface area contributed by atoms with Gasteiger partial charge in [-0.25, -0.2) is 4.39 Å². The fraction of sp³-hybridized carbons (Fsp3) is 0.333. The van der Waals surface area contributed by atoms with Crippen LogP contribution in [-0.2, 0) is 0 Å². The van der Waals surface area contributed by atoms with E-state index in [0.717, 1.165) is 5.69 Å². The summed E-state index contributed by atoms with van der Waals surface area (Å²) in [5.41, 5.74) is 0.718. The number of H-pyrrole nitrogens is 1. The number of rotatable bonds is 1. The average molecular weight is 129 g/mol. The van der Waals surface area contributed by atoms with Gasteiger partial charge in [0.15, 0.2) is 11.6 Å². The molecular formula is C6H8FNO. The topological polar surface area (TPSA) is 25.0 Å². The second-order valence-corrected chi connectivity index (χ2v) is 1.79. The Balaban J connectivity index is 3.07. The second-order valence-electron chi connectivity index (χ2n) is 1.79. The summed E-state index contributed by atoms with van der Waals surface area (Å²) in [6.07, 6.45) is 1.27. The molecule has 0 bridgehead atoms. The predicted octanol–water partition coefficient (Wildman–Crippen LogP) is 1.47. The molecule has 1 aromatic rings. The quantitative estimate of drug-likeness (QED) is 0.610. The van der Waals surface area contributed by atoms with Crippen molar-refractivity contribution in [2.75, 3.05) is 7.11 Å². The molecule has 0 aliphatic rings. The van der Waals surface area contributed by atoms with Crippen LogP contribution >= 0.6 is 0 Å². The molecule has 1 heterocycles. The minimum Gasteiger partial charge on any atom is -0.492 e. The summed E-state index contributed by atoms with van der Waals surface area (Å²) in [5.74, 6) is -0.0370. The molecule has 50 valence electrons. The molecular weight excluding hydrogens is 121 g/mol. The molecule has 0 aliphatic carbocycles. The molecule has 9 heavy (non-hydrogen) atoms. The van der Waals surface area contributed by atoms with Gasteiger partial charge in [-0.05, 0) is 6.92 Å². The van der Waals surface area contributed by atoms with Crippen molar-refractivity contribution in [1.82, 2.24) is 4.98 Å². The highest BCUT2D eigenvalue weighted by Crippen LogP contribution is 2.19. The monoisotopic (exact) mass is 129 g/mol. The Morgan fingerprint density at radius 2 is 2.33 bits per heavy atom. The molecule has 0 unspecified atom stereocenters. The zero-order valence-electron chi connectivity index (χ0n) is 5.36. The van der Waals surface area contributed by atoms with Crippen LogP contribution < -0.4 is 4.74 Å². The van der Waals surface area contributed by atoms with Crippen molar-refractivity contribution in [2.45, 2.75) is 6.92 Å². The lowest BCUT2D eigenvalue weighted by molar-refractivity contribution is 0.386. The van der Waals surface area contributed by atoms with E-state index in [0.29, 0.717) is 5.75 Å². The Kier molecular flexibility index (Phi) is 1.42. The molecule has 0 aromatic carbocycles. The van der Waals surface area contributed by atoms with E-state index in [4.69, 9.17) is 4.74 Å². The third-order valence-corrected chi connectivity index (χ3v) is 1.18. The largest absolute Gasteiger partial charge is 0.492 e. The van der Waals surface area contributed by atoms with Crippen molar-refractivity contribution in [3.63, 3.8) is 0 Å². The van der Waals surface area contributed by atoms with Gasteiger partial charge in [0.2, 0.25) is 0 Å². The van der Waals surface area contributed by atoms with Crippen LogP contribution in [0.15, 0.2) is 6.20 Å². The molecule has 0 saturated carbocycles. The highest BCUT2D eigenvalue weighted by molar-refractivity contribution is 5.28. The fourth-order valence-electron chi connectivity index (χ4n) is 0.732. The first-order valence-electron chi connectivity index (χ1n) is 2.63. The van der Waals surface area contributed by atoms with E-state index >= 15 is 0 Å². The van der Waals surface area contributed by atoms with Gasteiger partial charge in [-0.15, -0.1) is 0 Å². The summed E-state index contributed by atoms with van der Waals surface area (Å²) in [6, 6.07) is 0. The van der Waals surface area contributed by atoms with Gasteiger partial charge in [0.1, 0.15) is 0 Å². The number of aromatic nitrogens is 1. The maximum absolute atomic E-state index is 12.5. The van der Waals surface area contributed by atoms with Crippen molar-refractivity contribution in [3.05, 3.63) is 17.7 Å². The Morgan fingerprint density at radius 1 is 1.67 bits per heavy atom. The summed E-state index contributed by atoms with van der Waals surface area (Å²) in [5, 5.41) is 0. The first-order chi connectivity index (χ1) is 4.25. The summed E-state index contributed by atoms with van der Waals surface area (Å²) >= 11 is 0. The number of aromatic amines is 1. The van der Waals surface area contributed by atoms with E-state index in [2.05, 4.69) is 4.98 Å². The smallest absolute Gasteiger partial charge is 0.182 e. The minimum absolute atomic E-state index is 0.301. The molecule has 0 spiro atoms. The molecule has 1 rings (SSSR count). The number of ether oxygens (including phenoxy) is 1. The van der Waals surface area contributed by atoms with E-state index in [-0.39, 0.29) is 5.82 Å². The maximum Gasteiger partial charge on any atom is 0.182 e. The number of hydrogen-bond donors (Lipinski definition) is 1. The van der Waals surface area contributed by atoms with Crippen LogP contribution in [0.3, 0.4) is 0 Å². The number of nitrogens with one attached hydrogen (secondary N) is 1. The molecule has 0 radical (unpaired) electrons. The predicted molar refractivity (Wildman–Crippen MR) is 32.0 cm³/mol. The molecule has 0 atom stereocenters. The van der Waals surface area contributed by atoms with E-state index in [9.17, 15) is 4.39 Å². The summed E-state index contributed by atoms with van der Waals surface area (Å²) in [7, 11) is 1.44. The van der Waals surface area contributed by atoms with Crippen molar-refractivity contribution in [3.8, 4) is 5.75 Å². The number of aryl methyl sites for hydroxylation is 1. The first kappa shape index (κ1) is 6.13. The molecule has 1 N–H and O–H groups in total. The lowest BCUT2D eigenvalue weighted by Gasteiger charge is -1.94. The van der Waals surface area contributed by atoms with Crippen LogP contribution in [0.4, 0.5) is 4.39 Å². The molecule has 0 amide bonds. The van der Waals surface area contributed by atoms with Gasteiger partial charge < -0.3 is 9.72 Å². The van der Waals surface area contributed by atoms with Gasteiger partial charge in [0.05, 0.1) is 12.8 Å². The molecule has 2 nitrogen and oxygen atoms in total. The zero-order valence-corrected chi connectivity index (χ0v) is 5.36. The molecule has 1 aromatic heterocycles. The third-order valence-electron chi connectivity index (χ3n) is 1.18. The second kappa shape index (κ2) is 2.09. The van der Waals surface area contributed by atoms with Gasteiger partial charge in [-0.1, -0.05) is 0 Å². The fourth-order valence-corrected chi connectivity index (χ4v) is 0.732. The SMILES string of the molecule is COc1c(F)c[nH]c1C. The molecule has 0 fully saturated rings. The third kappa shape index (κ3) is 0.896. The molecule has 0 saturated heterocycles. The average Bonchev–Trinajstić information content (AvgIpc) is 2.12. The normalized spacial score (nSPS) is 9.67. The van der Waals surface area contributed by atoms with Crippen LogP contribution in [-0.4, -0.2) is 12.1 Å². The van der Waals surface area contributed by atoms with Gasteiger partial charge >= 0.3 is 0 Å². The van der Waals surface area contributed by atoms with E-state index in [1.54, 1.807) is 6.92 Å². The molecule has 3 heteroatoms. The van der Waals surface area contributed by atoms with E-state index < -0.39 is 0 Å². The summed E-state index contributed by atoms with van der Waals surface area (Å²) in [4.78, 5) is 2.69. The first-order valence-corrected chi connectivity index (χ1v) is 2.63. The van der Waals surface area contributed by atoms with Crippen LogP contribution in [0.1, 0.15) is 5.69 Å². The molecule has 0 aliphatic heterocycles. The summed E-state index contributed by atoms with van der Waals surface area (Å²) in [6.45, 7) is 1.75. The number of halogens is 1. The van der Waals surface area contributed by atoms with Gasteiger partial charge in [-0.3, -0.25) is 0 Å². The van der Waals surface area contributed by atoms with E-state index in [1.807, 2.05) is 0 Å². The maximum atomic E-state index is 12.5. The van der Waals surface area contributed by atoms with Crippen molar-refractivity contribution in [1.29, 1.82) is 0 Å². The van der Waals surface area contributed by atoms with Gasteiger partial charge in [0.25, 0.3) is 0 Å². The number of methoxy groups -OCH3 is 1. The van der Waals surface area contributed by atoms with Gasteiger partial charge in [0, 0.05) is 6.20 Å². The Bertz CT molecular complexity index is 187. The van der Waals surface area contributed by atoms with Crippen molar-refractivity contribution >= 4 is 0 Å². The standard InChI is InChI=1S/C6H8FNO/c1-4-6(9-2)5(7)3-8-4/h3,8H,1-2H3. The Morgan fingerprint density at radius 3 is 2.56 bits per heavy atom. The van der Waals surface area contributed by atoms with Gasteiger partial charge in [-0.2, -0.15) is 0 Å².